The molecule has 0 unspecified atom stereocenters. The van der Waals surface area contributed by atoms with Gasteiger partial charge < -0.3 is 4.74 Å². The van der Waals surface area contributed by atoms with E-state index in [4.69, 9.17) is 5.26 Å². The van der Waals surface area contributed by atoms with Crippen molar-refractivity contribution in [2.24, 2.45) is 0 Å². The van der Waals surface area contributed by atoms with Gasteiger partial charge in [0, 0.05) is 6.42 Å². The van der Waals surface area contributed by atoms with Crippen molar-refractivity contribution < 1.29 is 9.53 Å². The van der Waals surface area contributed by atoms with E-state index in [-0.39, 0.29) is 0 Å². The van der Waals surface area contributed by atoms with Crippen LogP contribution >= 0.6 is 0 Å². The molecule has 0 radical (unpaired) electrons. The summed E-state index contributed by atoms with van der Waals surface area (Å²) >= 11 is 0. The fourth-order valence-electron chi connectivity index (χ4n) is 1.68. The lowest BCUT2D eigenvalue weighted by molar-refractivity contribution is -0.137. The number of hydrogen-bond donors (Lipinski definition) is 0. The minimum Gasteiger partial charge on any atom is -0.351 e. The van der Waals surface area contributed by atoms with E-state index in [1.165, 1.54) is 51.2 Å². The second-order valence-electron chi connectivity index (χ2n) is 4.14. The molecule has 0 saturated carbocycles. The highest BCUT2D eigenvalue weighted by Gasteiger charge is 2.01. The zero-order valence-electron chi connectivity index (χ0n) is 10.3. The fraction of sp³-hybridized carbons (Fsp3) is 0.846. The number of unbranched alkanes of at least 4 members (excludes halogenated alkanes) is 8. The third kappa shape index (κ3) is 11.0. The molecule has 0 fully saturated rings. The molecule has 0 saturated heterocycles. The summed E-state index contributed by atoms with van der Waals surface area (Å²) in [4.78, 5) is 10.8. The fourth-order valence-corrected chi connectivity index (χ4v) is 1.68. The van der Waals surface area contributed by atoms with Gasteiger partial charge in [0.1, 0.15) is 0 Å². The van der Waals surface area contributed by atoms with Crippen molar-refractivity contribution in [1.29, 1.82) is 5.26 Å². The van der Waals surface area contributed by atoms with Gasteiger partial charge in [-0.25, -0.2) is 0 Å². The van der Waals surface area contributed by atoms with Crippen LogP contribution in [0.2, 0.25) is 0 Å². The van der Waals surface area contributed by atoms with Crippen LogP contribution in [0.5, 0.6) is 0 Å². The Morgan fingerprint density at radius 2 is 1.50 bits per heavy atom. The van der Waals surface area contributed by atoms with Gasteiger partial charge in [-0.3, -0.25) is 4.79 Å². The van der Waals surface area contributed by atoms with Crippen LogP contribution in [0.4, 0.5) is 0 Å². The Balaban J connectivity index is 3.04. The number of nitriles is 1. The summed E-state index contributed by atoms with van der Waals surface area (Å²) in [7, 11) is 0. The molecule has 0 aliphatic rings. The van der Waals surface area contributed by atoms with Crippen molar-refractivity contribution in [2.45, 2.75) is 71.1 Å². The van der Waals surface area contributed by atoms with Crippen LogP contribution in [-0.2, 0) is 9.53 Å². The molecule has 0 aromatic heterocycles. The summed E-state index contributed by atoms with van der Waals surface area (Å²) in [6.45, 7) is 2.22. The quantitative estimate of drug-likeness (QED) is 0.321. The molecular weight excluding hydrogens is 202 g/mol. The first-order valence-corrected chi connectivity index (χ1v) is 6.40. The van der Waals surface area contributed by atoms with Gasteiger partial charge in [-0.05, 0) is 6.42 Å². The summed E-state index contributed by atoms with van der Waals surface area (Å²) in [6.07, 6.45) is 12.8. The molecule has 0 atom stereocenters. The van der Waals surface area contributed by atoms with Crippen LogP contribution < -0.4 is 0 Å². The third-order valence-electron chi connectivity index (χ3n) is 2.64. The minimum absolute atomic E-state index is 0.378. The normalized spacial score (nSPS) is 9.75. The van der Waals surface area contributed by atoms with E-state index in [1.807, 2.05) is 0 Å². The van der Waals surface area contributed by atoms with E-state index in [9.17, 15) is 4.79 Å². The van der Waals surface area contributed by atoms with E-state index in [0.29, 0.717) is 6.42 Å². The Hall–Kier alpha value is -1.04. The van der Waals surface area contributed by atoms with Crippen molar-refractivity contribution in [3.63, 3.8) is 0 Å². The molecule has 0 rings (SSSR count). The zero-order chi connectivity index (χ0) is 12.1. The highest BCUT2D eigenvalue weighted by atomic mass is 16.5. The predicted molar refractivity (Wildman–Crippen MR) is 63.5 cm³/mol. The SMILES string of the molecule is CCCCCCCCCCCC(=O)OC#N. The standard InChI is InChI=1S/C13H23NO2/c1-2-3-4-5-6-7-8-9-10-11-13(15)16-12-14/h2-11H2,1H3. The van der Waals surface area contributed by atoms with Crippen LogP contribution in [0.3, 0.4) is 0 Å². The number of nitrogens with zero attached hydrogens (tertiary/aromatic N) is 1. The predicted octanol–water partition coefficient (Wildman–Crippen LogP) is 3.93. The Kier molecular flexibility index (Phi) is 11.2. The lowest BCUT2D eigenvalue weighted by atomic mass is 10.1. The molecule has 0 aromatic rings. The first-order valence-electron chi connectivity index (χ1n) is 6.40. The van der Waals surface area contributed by atoms with Crippen molar-refractivity contribution in [2.75, 3.05) is 0 Å². The van der Waals surface area contributed by atoms with Crippen LogP contribution in [0.25, 0.3) is 0 Å². The first-order chi connectivity index (χ1) is 7.81. The summed E-state index contributed by atoms with van der Waals surface area (Å²) in [5.41, 5.74) is 0. The number of carbonyl (C=O) groups excluding carboxylic acids is 1. The Morgan fingerprint density at radius 3 is 2.00 bits per heavy atom. The maximum Gasteiger partial charge on any atom is 0.321 e. The van der Waals surface area contributed by atoms with E-state index in [2.05, 4.69) is 11.7 Å². The molecule has 0 amide bonds. The van der Waals surface area contributed by atoms with E-state index < -0.39 is 5.97 Å². The lowest BCUT2D eigenvalue weighted by Crippen LogP contribution is -1.98. The van der Waals surface area contributed by atoms with Crippen LogP contribution in [0, 0.1) is 11.5 Å². The zero-order valence-corrected chi connectivity index (χ0v) is 10.3. The maximum atomic E-state index is 10.8. The molecule has 0 N–H and O–H groups in total. The second kappa shape index (κ2) is 12.0. The Labute approximate surface area is 98.8 Å². The molecule has 3 nitrogen and oxygen atoms in total. The number of hydrogen-bond acceptors (Lipinski definition) is 3. The summed E-state index contributed by atoms with van der Waals surface area (Å²) in [5, 5.41) is 8.09. The van der Waals surface area contributed by atoms with E-state index in [0.717, 1.165) is 12.8 Å². The molecule has 0 bridgehead atoms. The molecule has 16 heavy (non-hydrogen) atoms. The minimum atomic E-state index is -0.398. The number of esters is 1. The number of carbonyl (C=O) groups is 1. The van der Waals surface area contributed by atoms with Gasteiger partial charge in [0.2, 0.25) is 0 Å². The third-order valence-corrected chi connectivity index (χ3v) is 2.64. The van der Waals surface area contributed by atoms with Crippen LogP contribution in [0.15, 0.2) is 0 Å². The number of rotatable bonds is 10. The van der Waals surface area contributed by atoms with Crippen molar-refractivity contribution in [3.05, 3.63) is 0 Å². The molecule has 3 heteroatoms. The van der Waals surface area contributed by atoms with Gasteiger partial charge in [0.15, 0.2) is 0 Å². The maximum absolute atomic E-state index is 10.8. The Bertz CT molecular complexity index is 208. The largest absolute Gasteiger partial charge is 0.351 e. The average molecular weight is 225 g/mol. The Morgan fingerprint density at radius 1 is 1.00 bits per heavy atom. The van der Waals surface area contributed by atoms with Crippen LogP contribution in [-0.4, -0.2) is 5.97 Å². The van der Waals surface area contributed by atoms with Crippen molar-refractivity contribution in [1.82, 2.24) is 0 Å². The summed E-state index contributed by atoms with van der Waals surface area (Å²) in [6, 6.07) is 0. The molecular formula is C13H23NO2. The highest BCUT2D eigenvalue weighted by molar-refractivity contribution is 5.70. The lowest BCUT2D eigenvalue weighted by Gasteiger charge is -2.00. The molecule has 0 aliphatic carbocycles. The number of ether oxygens (including phenoxy) is 1. The van der Waals surface area contributed by atoms with Gasteiger partial charge in [0.05, 0.1) is 0 Å². The van der Waals surface area contributed by atoms with Gasteiger partial charge in [0.25, 0.3) is 6.26 Å². The van der Waals surface area contributed by atoms with Crippen molar-refractivity contribution in [3.8, 4) is 6.26 Å². The second-order valence-corrected chi connectivity index (χ2v) is 4.14. The van der Waals surface area contributed by atoms with Gasteiger partial charge in [-0.15, -0.1) is 5.26 Å². The first kappa shape index (κ1) is 15.0. The highest BCUT2D eigenvalue weighted by Crippen LogP contribution is 2.10. The van der Waals surface area contributed by atoms with E-state index in [1.54, 1.807) is 0 Å². The molecule has 0 aliphatic heterocycles. The smallest absolute Gasteiger partial charge is 0.321 e. The summed E-state index contributed by atoms with van der Waals surface area (Å²) < 4.78 is 4.18. The van der Waals surface area contributed by atoms with Crippen LogP contribution in [0.1, 0.15) is 71.1 Å². The topological polar surface area (TPSA) is 50.1 Å². The monoisotopic (exact) mass is 225 g/mol. The molecule has 0 heterocycles. The summed E-state index contributed by atoms with van der Waals surface area (Å²) in [5.74, 6) is -0.398. The molecule has 92 valence electrons. The van der Waals surface area contributed by atoms with E-state index >= 15 is 0 Å². The average Bonchev–Trinajstić information content (AvgIpc) is 2.27. The molecule has 0 spiro atoms. The van der Waals surface area contributed by atoms with Gasteiger partial charge in [-0.1, -0.05) is 58.3 Å². The van der Waals surface area contributed by atoms with Gasteiger partial charge >= 0.3 is 5.97 Å². The molecule has 0 aromatic carbocycles. The van der Waals surface area contributed by atoms with Crippen molar-refractivity contribution >= 4 is 5.97 Å². The van der Waals surface area contributed by atoms with Gasteiger partial charge in [-0.2, -0.15) is 0 Å².